The van der Waals surface area contributed by atoms with Crippen molar-refractivity contribution in [3.8, 4) is 11.3 Å². The fraction of sp³-hybridized carbons (Fsp3) is 0.286. The third-order valence-corrected chi connectivity index (χ3v) is 3.32. The van der Waals surface area contributed by atoms with Crippen molar-refractivity contribution in [3.05, 3.63) is 36.7 Å². The molecule has 20 heavy (non-hydrogen) atoms. The van der Waals surface area contributed by atoms with Crippen molar-refractivity contribution in [2.24, 2.45) is 0 Å². The van der Waals surface area contributed by atoms with E-state index in [1.54, 1.807) is 36.7 Å². The highest BCUT2D eigenvalue weighted by Gasteiger charge is 2.09. The van der Waals surface area contributed by atoms with Gasteiger partial charge < -0.3 is 5.32 Å². The van der Waals surface area contributed by atoms with Crippen LogP contribution in [0, 0.1) is 0 Å². The van der Waals surface area contributed by atoms with Gasteiger partial charge in [0, 0.05) is 29.4 Å². The summed E-state index contributed by atoms with van der Waals surface area (Å²) in [6.45, 7) is 2.88. The number of hydrogen-bond donors (Lipinski definition) is 1. The van der Waals surface area contributed by atoms with Crippen LogP contribution in [0.4, 0.5) is 14.6 Å². The third kappa shape index (κ3) is 3.90. The second-order valence-corrected chi connectivity index (χ2v) is 5.15. The van der Waals surface area contributed by atoms with E-state index in [1.807, 2.05) is 0 Å². The number of rotatable bonds is 6. The molecule has 0 aliphatic carbocycles. The van der Waals surface area contributed by atoms with E-state index in [2.05, 4.69) is 22.2 Å². The smallest absolute Gasteiger partial charge is 0.288 e. The summed E-state index contributed by atoms with van der Waals surface area (Å²) in [6, 6.07) is 6.91. The van der Waals surface area contributed by atoms with Gasteiger partial charge >= 0.3 is 0 Å². The van der Waals surface area contributed by atoms with E-state index in [0.29, 0.717) is 22.5 Å². The van der Waals surface area contributed by atoms with E-state index < -0.39 is 5.76 Å². The standard InChI is InChI=1S/C14H15F2N3S/c1-2-7-18-13-12(17-8-9-19-13)10-3-5-11(6-4-10)20-14(15)16/h3-6,8-9,14H,2,7H2,1H3,(H,18,19). The van der Waals surface area contributed by atoms with Gasteiger partial charge in [-0.25, -0.2) is 4.98 Å². The Balaban J connectivity index is 2.22. The summed E-state index contributed by atoms with van der Waals surface area (Å²) in [4.78, 5) is 9.11. The van der Waals surface area contributed by atoms with E-state index in [4.69, 9.17) is 0 Å². The van der Waals surface area contributed by atoms with Crippen molar-refractivity contribution in [3.63, 3.8) is 0 Å². The monoisotopic (exact) mass is 295 g/mol. The minimum Gasteiger partial charge on any atom is -0.368 e. The summed E-state index contributed by atoms with van der Waals surface area (Å²) in [6.07, 6.45) is 4.23. The van der Waals surface area contributed by atoms with Crippen LogP contribution >= 0.6 is 11.8 Å². The molecule has 0 saturated heterocycles. The highest BCUT2D eigenvalue weighted by molar-refractivity contribution is 7.99. The van der Waals surface area contributed by atoms with Crippen LogP contribution in [-0.4, -0.2) is 22.3 Å². The molecule has 0 unspecified atom stereocenters. The summed E-state index contributed by atoms with van der Waals surface area (Å²) in [5, 5.41) is 3.21. The van der Waals surface area contributed by atoms with Crippen LogP contribution in [0.2, 0.25) is 0 Å². The molecular weight excluding hydrogens is 280 g/mol. The van der Waals surface area contributed by atoms with Crippen LogP contribution in [0.1, 0.15) is 13.3 Å². The largest absolute Gasteiger partial charge is 0.368 e. The molecule has 106 valence electrons. The average molecular weight is 295 g/mol. The second kappa shape index (κ2) is 7.19. The maximum absolute atomic E-state index is 12.3. The predicted molar refractivity (Wildman–Crippen MR) is 78.1 cm³/mol. The van der Waals surface area contributed by atoms with Gasteiger partial charge in [0.1, 0.15) is 5.69 Å². The summed E-state index contributed by atoms with van der Waals surface area (Å²) >= 11 is 0.535. The molecule has 0 aliphatic heterocycles. The van der Waals surface area contributed by atoms with E-state index in [9.17, 15) is 8.78 Å². The first kappa shape index (κ1) is 14.7. The normalized spacial score (nSPS) is 10.8. The van der Waals surface area contributed by atoms with E-state index in [1.165, 1.54) is 0 Å². The lowest BCUT2D eigenvalue weighted by Gasteiger charge is -2.09. The van der Waals surface area contributed by atoms with Gasteiger partial charge in [-0.1, -0.05) is 30.8 Å². The molecular formula is C14H15F2N3S. The van der Waals surface area contributed by atoms with E-state index in [-0.39, 0.29) is 0 Å². The van der Waals surface area contributed by atoms with Crippen molar-refractivity contribution in [1.29, 1.82) is 0 Å². The fourth-order valence-electron chi connectivity index (χ4n) is 1.72. The van der Waals surface area contributed by atoms with Gasteiger partial charge in [-0.15, -0.1) is 0 Å². The number of hydrogen-bond acceptors (Lipinski definition) is 4. The lowest BCUT2D eigenvalue weighted by Crippen LogP contribution is -2.04. The zero-order valence-electron chi connectivity index (χ0n) is 11.0. The van der Waals surface area contributed by atoms with Gasteiger partial charge in [-0.2, -0.15) is 8.78 Å². The SMILES string of the molecule is CCCNc1nccnc1-c1ccc(SC(F)F)cc1. The lowest BCUT2D eigenvalue weighted by atomic mass is 10.1. The van der Waals surface area contributed by atoms with Gasteiger partial charge in [0.25, 0.3) is 5.76 Å². The first-order valence-corrected chi connectivity index (χ1v) is 7.18. The molecule has 2 rings (SSSR count). The Bertz CT molecular complexity index is 546. The molecule has 1 heterocycles. The van der Waals surface area contributed by atoms with Crippen molar-refractivity contribution in [2.75, 3.05) is 11.9 Å². The minimum absolute atomic E-state index is 0.535. The maximum Gasteiger partial charge on any atom is 0.288 e. The molecule has 0 aliphatic rings. The summed E-state index contributed by atoms with van der Waals surface area (Å²) < 4.78 is 24.6. The Hall–Kier alpha value is -1.69. The van der Waals surface area contributed by atoms with Crippen LogP contribution in [0.15, 0.2) is 41.6 Å². The first-order valence-electron chi connectivity index (χ1n) is 6.31. The molecule has 0 amide bonds. The number of benzene rings is 1. The van der Waals surface area contributed by atoms with Crippen molar-refractivity contribution >= 4 is 17.6 Å². The summed E-state index contributed by atoms with van der Waals surface area (Å²) in [5.41, 5.74) is 1.59. The molecule has 6 heteroatoms. The number of aromatic nitrogens is 2. The Kier molecular flexibility index (Phi) is 5.29. The number of nitrogens with one attached hydrogen (secondary N) is 1. The van der Waals surface area contributed by atoms with Crippen molar-refractivity contribution in [2.45, 2.75) is 24.0 Å². The Morgan fingerprint density at radius 2 is 1.85 bits per heavy atom. The van der Waals surface area contributed by atoms with Gasteiger partial charge in [-0.3, -0.25) is 4.98 Å². The highest BCUT2D eigenvalue weighted by Crippen LogP contribution is 2.29. The Morgan fingerprint density at radius 1 is 1.15 bits per heavy atom. The Labute approximate surface area is 120 Å². The number of halogens is 2. The molecule has 1 aromatic heterocycles. The van der Waals surface area contributed by atoms with Gasteiger partial charge in [0.05, 0.1) is 0 Å². The van der Waals surface area contributed by atoms with Gasteiger partial charge in [0.15, 0.2) is 5.82 Å². The van der Waals surface area contributed by atoms with Crippen LogP contribution in [-0.2, 0) is 0 Å². The van der Waals surface area contributed by atoms with E-state index in [0.717, 1.165) is 24.2 Å². The molecule has 0 fully saturated rings. The predicted octanol–water partition coefficient (Wildman–Crippen LogP) is 4.28. The number of anilines is 1. The average Bonchev–Trinajstić information content (AvgIpc) is 2.46. The van der Waals surface area contributed by atoms with Crippen molar-refractivity contribution < 1.29 is 8.78 Å². The van der Waals surface area contributed by atoms with Gasteiger partial charge in [0.2, 0.25) is 0 Å². The molecule has 0 saturated carbocycles. The maximum atomic E-state index is 12.3. The number of nitrogens with zero attached hydrogens (tertiary/aromatic N) is 2. The fourth-order valence-corrected chi connectivity index (χ4v) is 2.22. The molecule has 1 aromatic carbocycles. The second-order valence-electron chi connectivity index (χ2n) is 4.08. The highest BCUT2D eigenvalue weighted by atomic mass is 32.2. The molecule has 2 aromatic rings. The molecule has 0 radical (unpaired) electrons. The van der Waals surface area contributed by atoms with Crippen LogP contribution in [0.5, 0.6) is 0 Å². The summed E-state index contributed by atoms with van der Waals surface area (Å²) in [5.74, 6) is -1.69. The molecule has 1 N–H and O–H groups in total. The third-order valence-electron chi connectivity index (χ3n) is 2.59. The minimum atomic E-state index is -2.40. The van der Waals surface area contributed by atoms with Crippen molar-refractivity contribution in [1.82, 2.24) is 9.97 Å². The van der Waals surface area contributed by atoms with Crippen LogP contribution in [0.3, 0.4) is 0 Å². The number of thioether (sulfide) groups is 1. The van der Waals surface area contributed by atoms with Gasteiger partial charge in [-0.05, 0) is 18.6 Å². The molecule has 3 nitrogen and oxygen atoms in total. The first-order chi connectivity index (χ1) is 9.70. The lowest BCUT2D eigenvalue weighted by molar-refractivity contribution is 0.252. The molecule has 0 spiro atoms. The summed E-state index contributed by atoms with van der Waals surface area (Å²) in [7, 11) is 0. The van der Waals surface area contributed by atoms with Crippen LogP contribution in [0.25, 0.3) is 11.3 Å². The quantitative estimate of drug-likeness (QED) is 0.807. The van der Waals surface area contributed by atoms with E-state index >= 15 is 0 Å². The number of alkyl halides is 2. The molecule has 0 atom stereocenters. The molecule has 0 bridgehead atoms. The Morgan fingerprint density at radius 3 is 2.50 bits per heavy atom. The topological polar surface area (TPSA) is 37.8 Å². The van der Waals surface area contributed by atoms with Crippen LogP contribution < -0.4 is 5.32 Å². The zero-order valence-corrected chi connectivity index (χ0v) is 11.8. The zero-order chi connectivity index (χ0) is 14.4.